The standard InChI is InChI=1S/C26H23F3N4O2/c1-15(2)25(35)31-14-18-11-20(23(30-13-18)26(27,28)29)24-32-21(12-22(34)33-24)19-9-7-17(8-10-19)6-5-16-3-4-16/h7-13,15-16H,3-4,14H2,1-2H3,(H,31,35)(H,32,33,34). The first-order valence-corrected chi connectivity index (χ1v) is 11.2. The Hall–Kier alpha value is -3.93. The van der Waals surface area contributed by atoms with Gasteiger partial charge < -0.3 is 10.3 Å². The van der Waals surface area contributed by atoms with E-state index >= 15 is 0 Å². The van der Waals surface area contributed by atoms with E-state index in [1.807, 2.05) is 0 Å². The number of amides is 1. The number of rotatable bonds is 5. The number of halogens is 3. The van der Waals surface area contributed by atoms with E-state index in [4.69, 9.17) is 0 Å². The normalized spacial score (nSPS) is 13.3. The Morgan fingerprint density at radius 1 is 1.20 bits per heavy atom. The van der Waals surface area contributed by atoms with Gasteiger partial charge in [-0.3, -0.25) is 14.6 Å². The van der Waals surface area contributed by atoms with Crippen molar-refractivity contribution in [3.05, 3.63) is 69.8 Å². The number of pyridine rings is 1. The molecule has 2 aromatic heterocycles. The summed E-state index contributed by atoms with van der Waals surface area (Å²) < 4.78 is 41.2. The molecule has 0 unspecified atom stereocenters. The van der Waals surface area contributed by atoms with Crippen LogP contribution in [-0.2, 0) is 17.5 Å². The fraction of sp³-hybridized carbons (Fsp3) is 0.308. The van der Waals surface area contributed by atoms with Gasteiger partial charge in [-0.05, 0) is 36.6 Å². The maximum absolute atomic E-state index is 13.7. The van der Waals surface area contributed by atoms with E-state index in [-0.39, 0.29) is 35.5 Å². The van der Waals surface area contributed by atoms with Gasteiger partial charge in [0.1, 0.15) is 5.82 Å². The summed E-state index contributed by atoms with van der Waals surface area (Å²) >= 11 is 0. The highest BCUT2D eigenvalue weighted by molar-refractivity contribution is 5.77. The van der Waals surface area contributed by atoms with Gasteiger partial charge in [0.05, 0.1) is 5.69 Å². The average molecular weight is 480 g/mol. The van der Waals surface area contributed by atoms with Crippen LogP contribution in [0.25, 0.3) is 22.6 Å². The van der Waals surface area contributed by atoms with Crippen molar-refractivity contribution in [3.8, 4) is 34.5 Å². The van der Waals surface area contributed by atoms with Crippen LogP contribution < -0.4 is 10.9 Å². The van der Waals surface area contributed by atoms with Crippen LogP contribution in [0.15, 0.2) is 47.4 Å². The molecule has 3 aromatic rings. The molecule has 0 bridgehead atoms. The quantitative estimate of drug-likeness (QED) is 0.525. The van der Waals surface area contributed by atoms with Crippen molar-refractivity contribution in [3.63, 3.8) is 0 Å². The monoisotopic (exact) mass is 480 g/mol. The summed E-state index contributed by atoms with van der Waals surface area (Å²) in [5.74, 6) is 5.92. The third-order valence-electron chi connectivity index (χ3n) is 5.38. The van der Waals surface area contributed by atoms with E-state index in [0.29, 0.717) is 17.0 Å². The molecule has 0 spiro atoms. The van der Waals surface area contributed by atoms with E-state index in [0.717, 1.165) is 24.6 Å². The molecule has 2 N–H and O–H groups in total. The average Bonchev–Trinajstić information content (AvgIpc) is 3.65. The van der Waals surface area contributed by atoms with Gasteiger partial charge in [-0.25, -0.2) is 4.98 Å². The largest absolute Gasteiger partial charge is 0.434 e. The SMILES string of the molecule is CC(C)C(=O)NCc1cnc(C(F)(F)F)c(-c2nc(-c3ccc(C#CC4CC4)cc3)cc(=O)[nH]2)c1. The van der Waals surface area contributed by atoms with Crippen LogP contribution in [0.1, 0.15) is 43.5 Å². The first-order valence-electron chi connectivity index (χ1n) is 11.2. The minimum Gasteiger partial charge on any atom is -0.352 e. The number of H-pyrrole nitrogens is 1. The second-order valence-electron chi connectivity index (χ2n) is 8.71. The van der Waals surface area contributed by atoms with Crippen molar-refractivity contribution < 1.29 is 18.0 Å². The Labute approximate surface area is 200 Å². The van der Waals surface area contributed by atoms with Gasteiger partial charge in [0, 0.05) is 47.3 Å². The van der Waals surface area contributed by atoms with Gasteiger partial charge >= 0.3 is 6.18 Å². The van der Waals surface area contributed by atoms with Crippen molar-refractivity contribution in [1.82, 2.24) is 20.3 Å². The van der Waals surface area contributed by atoms with E-state index in [9.17, 15) is 22.8 Å². The summed E-state index contributed by atoms with van der Waals surface area (Å²) in [6.07, 6.45) is -1.49. The highest BCUT2D eigenvalue weighted by Crippen LogP contribution is 2.35. The summed E-state index contributed by atoms with van der Waals surface area (Å²) in [5.41, 5.74) is -0.219. The summed E-state index contributed by atoms with van der Waals surface area (Å²) in [6, 6.07) is 9.48. The topological polar surface area (TPSA) is 87.7 Å². The number of nitrogens with zero attached hydrogens (tertiary/aromatic N) is 2. The Balaban J connectivity index is 1.70. The molecule has 1 aromatic carbocycles. The molecule has 0 radical (unpaired) electrons. The second kappa shape index (κ2) is 9.74. The van der Waals surface area contributed by atoms with Crippen LogP contribution in [0.5, 0.6) is 0 Å². The van der Waals surface area contributed by atoms with Gasteiger partial charge in [0.2, 0.25) is 5.91 Å². The molecule has 1 fully saturated rings. The molecule has 1 aliphatic carbocycles. The van der Waals surface area contributed by atoms with Crippen LogP contribution in [0.3, 0.4) is 0 Å². The Bertz CT molecular complexity index is 1360. The molecule has 1 amide bonds. The zero-order valence-corrected chi connectivity index (χ0v) is 19.2. The molecular weight excluding hydrogens is 457 g/mol. The molecule has 1 saturated carbocycles. The Morgan fingerprint density at radius 3 is 2.54 bits per heavy atom. The van der Waals surface area contributed by atoms with Gasteiger partial charge in [0.25, 0.3) is 5.56 Å². The number of carbonyl (C=O) groups excluding carboxylic acids is 1. The molecule has 6 nitrogen and oxygen atoms in total. The molecule has 1 aliphatic rings. The van der Waals surface area contributed by atoms with Crippen molar-refractivity contribution in [2.24, 2.45) is 11.8 Å². The lowest BCUT2D eigenvalue weighted by molar-refractivity contribution is -0.140. The van der Waals surface area contributed by atoms with Gasteiger partial charge in [-0.1, -0.05) is 37.8 Å². The number of nitrogens with one attached hydrogen (secondary N) is 2. The zero-order valence-electron chi connectivity index (χ0n) is 19.2. The number of aromatic amines is 1. The van der Waals surface area contributed by atoms with Crippen molar-refractivity contribution in [1.29, 1.82) is 0 Å². The smallest absolute Gasteiger partial charge is 0.352 e. The summed E-state index contributed by atoms with van der Waals surface area (Å²) in [7, 11) is 0. The fourth-order valence-corrected chi connectivity index (χ4v) is 3.27. The molecule has 0 atom stereocenters. The highest BCUT2D eigenvalue weighted by Gasteiger charge is 2.36. The van der Waals surface area contributed by atoms with Crippen LogP contribution in [-0.4, -0.2) is 20.9 Å². The molecular formula is C26H23F3N4O2. The molecule has 35 heavy (non-hydrogen) atoms. The lowest BCUT2D eigenvalue weighted by Crippen LogP contribution is -2.27. The lowest BCUT2D eigenvalue weighted by Gasteiger charge is -2.14. The van der Waals surface area contributed by atoms with Crippen LogP contribution in [0.4, 0.5) is 13.2 Å². The Morgan fingerprint density at radius 2 is 1.91 bits per heavy atom. The van der Waals surface area contributed by atoms with Crippen molar-refractivity contribution in [2.45, 2.75) is 39.4 Å². The summed E-state index contributed by atoms with van der Waals surface area (Å²) in [5, 5.41) is 2.65. The maximum atomic E-state index is 13.7. The first kappa shape index (κ1) is 24.2. The molecule has 0 aliphatic heterocycles. The minimum absolute atomic E-state index is 0.0115. The zero-order chi connectivity index (χ0) is 25.2. The van der Waals surface area contributed by atoms with Gasteiger partial charge in [-0.2, -0.15) is 13.2 Å². The number of hydrogen-bond acceptors (Lipinski definition) is 4. The minimum atomic E-state index is -4.77. The van der Waals surface area contributed by atoms with Crippen molar-refractivity contribution >= 4 is 5.91 Å². The number of alkyl halides is 3. The predicted octanol–water partition coefficient (Wildman–Crippen LogP) is 4.55. The van der Waals surface area contributed by atoms with E-state index < -0.39 is 17.4 Å². The fourth-order valence-electron chi connectivity index (χ4n) is 3.27. The Kier molecular flexibility index (Phi) is 6.74. The summed E-state index contributed by atoms with van der Waals surface area (Å²) in [6.45, 7) is 3.40. The third-order valence-corrected chi connectivity index (χ3v) is 5.38. The number of benzene rings is 1. The third kappa shape index (κ3) is 6.15. The molecule has 2 heterocycles. The molecule has 0 saturated heterocycles. The summed E-state index contributed by atoms with van der Waals surface area (Å²) in [4.78, 5) is 34.5. The van der Waals surface area contributed by atoms with Gasteiger partial charge in [0.15, 0.2) is 5.69 Å². The van der Waals surface area contributed by atoms with Crippen LogP contribution >= 0.6 is 0 Å². The number of aromatic nitrogens is 3. The van der Waals surface area contributed by atoms with E-state index in [2.05, 4.69) is 32.1 Å². The number of hydrogen-bond donors (Lipinski definition) is 2. The maximum Gasteiger partial charge on any atom is 0.434 e. The van der Waals surface area contributed by atoms with E-state index in [1.165, 1.54) is 12.1 Å². The molecule has 4 rings (SSSR count). The molecule has 9 heteroatoms. The highest BCUT2D eigenvalue weighted by atomic mass is 19.4. The lowest BCUT2D eigenvalue weighted by atomic mass is 10.1. The number of carbonyl (C=O) groups is 1. The van der Waals surface area contributed by atoms with Gasteiger partial charge in [-0.15, -0.1) is 0 Å². The molecule has 180 valence electrons. The predicted molar refractivity (Wildman–Crippen MR) is 125 cm³/mol. The second-order valence-corrected chi connectivity index (χ2v) is 8.71. The van der Waals surface area contributed by atoms with Crippen molar-refractivity contribution in [2.75, 3.05) is 0 Å². The van der Waals surface area contributed by atoms with Crippen LogP contribution in [0.2, 0.25) is 0 Å². The van der Waals surface area contributed by atoms with Crippen LogP contribution in [0, 0.1) is 23.7 Å². The van der Waals surface area contributed by atoms with E-state index in [1.54, 1.807) is 38.1 Å². The first-order chi connectivity index (χ1) is 16.6.